The summed E-state index contributed by atoms with van der Waals surface area (Å²) in [7, 11) is 0. The topological polar surface area (TPSA) is 31.2 Å². The van der Waals surface area contributed by atoms with Crippen molar-refractivity contribution in [3.05, 3.63) is 49.4 Å². The van der Waals surface area contributed by atoms with E-state index in [0.717, 1.165) is 17.2 Å². The van der Waals surface area contributed by atoms with Gasteiger partial charge in [-0.3, -0.25) is 4.57 Å². The van der Waals surface area contributed by atoms with Gasteiger partial charge < -0.3 is 4.74 Å². The maximum atomic E-state index is 11.4. The zero-order valence-electron chi connectivity index (χ0n) is 7.51. The van der Waals surface area contributed by atoms with Crippen molar-refractivity contribution in [2.24, 2.45) is 0 Å². The molecule has 0 aliphatic carbocycles. The van der Waals surface area contributed by atoms with Gasteiger partial charge in [0.05, 0.1) is 11.8 Å². The number of aromatic nitrogens is 1. The highest BCUT2D eigenvalue weighted by Crippen LogP contribution is 2.15. The van der Waals surface area contributed by atoms with Gasteiger partial charge in [-0.2, -0.15) is 0 Å². The Balaban J connectivity index is 2.52. The highest BCUT2D eigenvalue weighted by atomic mass is 16.5. The van der Waals surface area contributed by atoms with Gasteiger partial charge in [0.1, 0.15) is 0 Å². The van der Waals surface area contributed by atoms with Crippen LogP contribution in [-0.2, 0) is 4.74 Å². The number of ether oxygens (including phenoxy) is 1. The molecule has 70 valence electrons. The number of carbonyl (C=O) groups excluding carboxylic acids is 1. The fraction of sp³-hybridized carbons (Fsp3) is 0. The van der Waals surface area contributed by atoms with Crippen LogP contribution in [0.25, 0.3) is 10.9 Å². The molecule has 2 aromatic rings. The largest absolute Gasteiger partial charge is 0.423 e. The van der Waals surface area contributed by atoms with Gasteiger partial charge in [0.2, 0.25) is 0 Å². The third kappa shape index (κ3) is 1.29. The van der Waals surface area contributed by atoms with E-state index in [9.17, 15) is 4.79 Å². The second-order valence-electron chi connectivity index (χ2n) is 2.79. The lowest BCUT2D eigenvalue weighted by Crippen LogP contribution is -2.08. The van der Waals surface area contributed by atoms with Crippen LogP contribution in [-0.4, -0.2) is 10.7 Å². The third-order valence-corrected chi connectivity index (χ3v) is 1.98. The van der Waals surface area contributed by atoms with Gasteiger partial charge in [-0.1, -0.05) is 24.8 Å². The van der Waals surface area contributed by atoms with Crippen molar-refractivity contribution in [3.8, 4) is 0 Å². The number of hydrogen-bond donors (Lipinski definition) is 0. The fourth-order valence-corrected chi connectivity index (χ4v) is 1.37. The monoisotopic (exact) mass is 187 g/mol. The molecule has 1 aromatic carbocycles. The number of nitrogens with zero attached hydrogens (tertiary/aromatic N) is 1. The molecule has 0 bridgehead atoms. The minimum absolute atomic E-state index is 0.443. The molecule has 0 saturated heterocycles. The van der Waals surface area contributed by atoms with E-state index in [2.05, 4.69) is 11.3 Å². The van der Waals surface area contributed by atoms with Crippen molar-refractivity contribution in [1.29, 1.82) is 0 Å². The normalized spacial score (nSPS) is 10.0. The van der Waals surface area contributed by atoms with Crippen LogP contribution in [0.15, 0.2) is 49.4 Å². The number of benzene rings is 1. The van der Waals surface area contributed by atoms with Gasteiger partial charge >= 0.3 is 6.09 Å². The van der Waals surface area contributed by atoms with Crippen molar-refractivity contribution in [2.75, 3.05) is 0 Å². The van der Waals surface area contributed by atoms with Crippen LogP contribution in [0.5, 0.6) is 0 Å². The Hall–Kier alpha value is -2.03. The van der Waals surface area contributed by atoms with Gasteiger partial charge in [0.15, 0.2) is 0 Å². The van der Waals surface area contributed by atoms with E-state index in [1.54, 1.807) is 6.20 Å². The van der Waals surface area contributed by atoms with Gasteiger partial charge in [-0.05, 0) is 12.1 Å². The van der Waals surface area contributed by atoms with E-state index < -0.39 is 6.09 Å². The Morgan fingerprint density at radius 2 is 2.14 bits per heavy atom. The highest BCUT2D eigenvalue weighted by molar-refractivity contribution is 5.89. The van der Waals surface area contributed by atoms with Crippen LogP contribution in [0.3, 0.4) is 0 Å². The number of rotatable bonds is 1. The van der Waals surface area contributed by atoms with Gasteiger partial charge in [0.25, 0.3) is 0 Å². The maximum Gasteiger partial charge on any atom is 0.423 e. The predicted molar refractivity (Wildman–Crippen MR) is 54.0 cm³/mol. The predicted octanol–water partition coefficient (Wildman–Crippen LogP) is 2.77. The number of hydrogen-bond acceptors (Lipinski definition) is 2. The minimum Gasteiger partial charge on any atom is -0.418 e. The Labute approximate surface area is 81.2 Å². The molecule has 0 spiro atoms. The lowest BCUT2D eigenvalue weighted by Gasteiger charge is -2.00. The van der Waals surface area contributed by atoms with E-state index >= 15 is 0 Å². The van der Waals surface area contributed by atoms with Gasteiger partial charge in [0, 0.05) is 11.6 Å². The Bertz CT molecular complexity index is 485. The summed E-state index contributed by atoms with van der Waals surface area (Å²) < 4.78 is 6.12. The SMILES string of the molecule is C=COC(=O)n1ccc2ccccc21. The smallest absolute Gasteiger partial charge is 0.418 e. The third-order valence-electron chi connectivity index (χ3n) is 1.98. The quantitative estimate of drug-likeness (QED) is 0.643. The van der Waals surface area contributed by atoms with Gasteiger partial charge in [-0.15, -0.1) is 0 Å². The summed E-state index contributed by atoms with van der Waals surface area (Å²) in [6.45, 7) is 3.33. The summed E-state index contributed by atoms with van der Waals surface area (Å²) in [5, 5.41) is 1.01. The molecule has 1 aromatic heterocycles. The number of para-hydroxylation sites is 1. The zero-order valence-corrected chi connectivity index (χ0v) is 7.51. The molecule has 3 heteroatoms. The molecule has 0 N–H and O–H groups in total. The Kier molecular flexibility index (Phi) is 2.07. The molecular formula is C11H9NO2. The van der Waals surface area contributed by atoms with E-state index in [0.29, 0.717) is 0 Å². The summed E-state index contributed by atoms with van der Waals surface area (Å²) in [4.78, 5) is 11.4. The first-order valence-electron chi connectivity index (χ1n) is 4.21. The van der Waals surface area contributed by atoms with Crippen LogP contribution in [0, 0.1) is 0 Å². The molecule has 0 atom stereocenters. The van der Waals surface area contributed by atoms with Crippen molar-refractivity contribution in [2.45, 2.75) is 0 Å². The Morgan fingerprint density at radius 3 is 2.93 bits per heavy atom. The lowest BCUT2D eigenvalue weighted by molar-refractivity contribution is 0.189. The molecule has 14 heavy (non-hydrogen) atoms. The van der Waals surface area contributed by atoms with Crippen LogP contribution in [0.2, 0.25) is 0 Å². The molecule has 0 aliphatic heterocycles. The Morgan fingerprint density at radius 1 is 1.36 bits per heavy atom. The second kappa shape index (κ2) is 3.38. The summed E-state index contributed by atoms with van der Waals surface area (Å²) in [6.07, 6.45) is 2.36. The van der Waals surface area contributed by atoms with Crippen molar-refractivity contribution < 1.29 is 9.53 Å². The summed E-state index contributed by atoms with van der Waals surface area (Å²) in [6, 6.07) is 9.46. The van der Waals surface area contributed by atoms with Crippen LogP contribution in [0.1, 0.15) is 0 Å². The first kappa shape index (κ1) is 8.56. The van der Waals surface area contributed by atoms with Crippen molar-refractivity contribution in [1.82, 2.24) is 4.57 Å². The molecule has 0 amide bonds. The molecular weight excluding hydrogens is 178 g/mol. The lowest BCUT2D eigenvalue weighted by atomic mass is 10.2. The first-order valence-corrected chi connectivity index (χ1v) is 4.21. The molecule has 2 rings (SSSR count). The fourth-order valence-electron chi connectivity index (χ4n) is 1.37. The molecule has 0 radical (unpaired) electrons. The number of carbonyl (C=O) groups is 1. The minimum atomic E-state index is -0.443. The summed E-state index contributed by atoms with van der Waals surface area (Å²) >= 11 is 0. The van der Waals surface area contributed by atoms with Crippen LogP contribution >= 0.6 is 0 Å². The molecule has 0 unspecified atom stereocenters. The molecule has 0 aliphatic rings. The molecule has 1 heterocycles. The highest BCUT2D eigenvalue weighted by Gasteiger charge is 2.07. The molecule has 0 fully saturated rings. The van der Waals surface area contributed by atoms with Crippen LogP contribution in [0.4, 0.5) is 4.79 Å². The average Bonchev–Trinajstić information content (AvgIpc) is 2.61. The average molecular weight is 187 g/mol. The van der Waals surface area contributed by atoms with E-state index in [1.807, 2.05) is 30.3 Å². The van der Waals surface area contributed by atoms with E-state index in [-0.39, 0.29) is 0 Å². The van der Waals surface area contributed by atoms with Crippen molar-refractivity contribution in [3.63, 3.8) is 0 Å². The second-order valence-corrected chi connectivity index (χ2v) is 2.79. The van der Waals surface area contributed by atoms with Crippen molar-refractivity contribution >= 4 is 17.0 Å². The summed E-state index contributed by atoms with van der Waals surface area (Å²) in [5.41, 5.74) is 0.833. The molecule has 3 nitrogen and oxygen atoms in total. The van der Waals surface area contributed by atoms with Gasteiger partial charge in [-0.25, -0.2) is 4.79 Å². The first-order chi connectivity index (χ1) is 6.83. The zero-order chi connectivity index (χ0) is 9.97. The summed E-state index contributed by atoms with van der Waals surface area (Å²) in [5.74, 6) is 0. The molecule has 0 saturated carbocycles. The van der Waals surface area contributed by atoms with Crippen LogP contribution < -0.4 is 0 Å². The maximum absolute atomic E-state index is 11.4. The standard InChI is InChI=1S/C11H9NO2/c1-2-14-11(13)12-8-7-9-5-3-4-6-10(9)12/h2-8H,1H2. The van der Waals surface area contributed by atoms with E-state index in [1.165, 1.54) is 4.57 Å². The number of fused-ring (bicyclic) bond motifs is 1. The van der Waals surface area contributed by atoms with E-state index in [4.69, 9.17) is 0 Å².